The SMILES string of the molecule is CCc1ccc(CN2CCNC(=O)[C@H]2c2ccc(F)cc2)nc1. The summed E-state index contributed by atoms with van der Waals surface area (Å²) in [5.74, 6) is -0.346. The summed E-state index contributed by atoms with van der Waals surface area (Å²) < 4.78 is 13.1. The summed E-state index contributed by atoms with van der Waals surface area (Å²) in [4.78, 5) is 18.9. The lowest BCUT2D eigenvalue weighted by molar-refractivity contribution is -0.129. The molecule has 3 rings (SSSR count). The zero-order chi connectivity index (χ0) is 16.2. The minimum Gasteiger partial charge on any atom is -0.353 e. The Kier molecular flexibility index (Phi) is 4.67. The summed E-state index contributed by atoms with van der Waals surface area (Å²) >= 11 is 0. The predicted molar refractivity (Wildman–Crippen MR) is 86.2 cm³/mol. The molecule has 5 heteroatoms. The van der Waals surface area contributed by atoms with Gasteiger partial charge >= 0.3 is 0 Å². The Labute approximate surface area is 135 Å². The number of aromatic nitrogens is 1. The van der Waals surface area contributed by atoms with Crippen molar-refractivity contribution < 1.29 is 9.18 Å². The molecule has 1 aliphatic rings. The van der Waals surface area contributed by atoms with Crippen LogP contribution in [-0.4, -0.2) is 28.9 Å². The fourth-order valence-electron chi connectivity index (χ4n) is 2.86. The molecule has 1 N–H and O–H groups in total. The molecule has 0 aliphatic carbocycles. The van der Waals surface area contributed by atoms with Gasteiger partial charge in [-0.2, -0.15) is 0 Å². The van der Waals surface area contributed by atoms with Gasteiger partial charge in [0.1, 0.15) is 11.9 Å². The van der Waals surface area contributed by atoms with Crippen molar-refractivity contribution in [2.75, 3.05) is 13.1 Å². The quantitative estimate of drug-likeness (QED) is 0.943. The minimum atomic E-state index is -0.406. The van der Waals surface area contributed by atoms with Crippen molar-refractivity contribution in [1.29, 1.82) is 0 Å². The lowest BCUT2D eigenvalue weighted by Crippen LogP contribution is -2.49. The predicted octanol–water partition coefficient (Wildman–Crippen LogP) is 2.46. The summed E-state index contributed by atoms with van der Waals surface area (Å²) in [6.07, 6.45) is 2.84. The molecule has 23 heavy (non-hydrogen) atoms. The topological polar surface area (TPSA) is 45.2 Å². The molecule has 0 spiro atoms. The van der Waals surface area contributed by atoms with E-state index < -0.39 is 6.04 Å². The van der Waals surface area contributed by atoms with E-state index in [0.717, 1.165) is 24.2 Å². The third-order valence-electron chi connectivity index (χ3n) is 4.16. The lowest BCUT2D eigenvalue weighted by Gasteiger charge is -2.35. The largest absolute Gasteiger partial charge is 0.353 e. The second-order valence-corrected chi connectivity index (χ2v) is 5.73. The molecular formula is C18H20FN3O. The monoisotopic (exact) mass is 313 g/mol. The van der Waals surface area contributed by atoms with Gasteiger partial charge in [-0.1, -0.05) is 25.1 Å². The van der Waals surface area contributed by atoms with E-state index in [9.17, 15) is 9.18 Å². The number of hydrogen-bond acceptors (Lipinski definition) is 3. The minimum absolute atomic E-state index is 0.0481. The molecule has 0 bridgehead atoms. The fraction of sp³-hybridized carbons (Fsp3) is 0.333. The average molecular weight is 313 g/mol. The van der Waals surface area contributed by atoms with Crippen LogP contribution in [0.2, 0.25) is 0 Å². The second-order valence-electron chi connectivity index (χ2n) is 5.73. The number of piperazine rings is 1. The summed E-state index contributed by atoms with van der Waals surface area (Å²) in [5, 5.41) is 2.88. The Morgan fingerprint density at radius 3 is 2.70 bits per heavy atom. The zero-order valence-electron chi connectivity index (χ0n) is 13.1. The Morgan fingerprint density at radius 1 is 1.26 bits per heavy atom. The fourth-order valence-corrected chi connectivity index (χ4v) is 2.86. The number of carbonyl (C=O) groups is 1. The van der Waals surface area contributed by atoms with Crippen molar-refractivity contribution in [2.45, 2.75) is 25.9 Å². The van der Waals surface area contributed by atoms with Crippen LogP contribution in [0.5, 0.6) is 0 Å². The first kappa shape index (κ1) is 15.6. The van der Waals surface area contributed by atoms with Gasteiger partial charge in [-0.05, 0) is 35.7 Å². The van der Waals surface area contributed by atoms with Crippen molar-refractivity contribution in [1.82, 2.24) is 15.2 Å². The van der Waals surface area contributed by atoms with Gasteiger partial charge in [-0.3, -0.25) is 14.7 Å². The number of hydrogen-bond donors (Lipinski definition) is 1. The van der Waals surface area contributed by atoms with Crippen LogP contribution in [0.25, 0.3) is 0 Å². The molecule has 1 fully saturated rings. The number of carbonyl (C=O) groups excluding carboxylic acids is 1. The van der Waals surface area contributed by atoms with Crippen LogP contribution >= 0.6 is 0 Å². The van der Waals surface area contributed by atoms with Gasteiger partial charge in [0.15, 0.2) is 0 Å². The number of nitrogens with zero attached hydrogens (tertiary/aromatic N) is 2. The van der Waals surface area contributed by atoms with Gasteiger partial charge in [0.05, 0.1) is 5.69 Å². The summed E-state index contributed by atoms with van der Waals surface area (Å²) in [7, 11) is 0. The highest BCUT2D eigenvalue weighted by Gasteiger charge is 2.31. The van der Waals surface area contributed by atoms with Crippen LogP contribution in [0.1, 0.15) is 29.8 Å². The molecule has 0 unspecified atom stereocenters. The van der Waals surface area contributed by atoms with E-state index in [0.29, 0.717) is 13.1 Å². The highest BCUT2D eigenvalue weighted by atomic mass is 19.1. The molecule has 1 aromatic heterocycles. The van der Waals surface area contributed by atoms with Crippen molar-refractivity contribution in [3.63, 3.8) is 0 Å². The van der Waals surface area contributed by atoms with Crippen LogP contribution in [0.4, 0.5) is 4.39 Å². The molecule has 120 valence electrons. The first-order chi connectivity index (χ1) is 11.2. The van der Waals surface area contributed by atoms with E-state index in [1.165, 1.54) is 17.7 Å². The summed E-state index contributed by atoms with van der Waals surface area (Å²) in [6, 6.07) is 9.80. The van der Waals surface area contributed by atoms with Crippen LogP contribution < -0.4 is 5.32 Å². The van der Waals surface area contributed by atoms with Gasteiger partial charge in [0, 0.05) is 25.8 Å². The van der Waals surface area contributed by atoms with Crippen LogP contribution in [0.3, 0.4) is 0 Å². The molecule has 0 radical (unpaired) electrons. The zero-order valence-corrected chi connectivity index (χ0v) is 13.1. The first-order valence-corrected chi connectivity index (χ1v) is 7.88. The molecular weight excluding hydrogens is 293 g/mol. The van der Waals surface area contributed by atoms with Crippen LogP contribution in [0.15, 0.2) is 42.6 Å². The third-order valence-corrected chi connectivity index (χ3v) is 4.16. The number of benzene rings is 1. The number of amides is 1. The van der Waals surface area contributed by atoms with Crippen LogP contribution in [0, 0.1) is 5.82 Å². The van der Waals surface area contributed by atoms with Crippen molar-refractivity contribution in [3.8, 4) is 0 Å². The van der Waals surface area contributed by atoms with Crippen molar-refractivity contribution in [3.05, 3.63) is 65.2 Å². The molecule has 1 aromatic carbocycles. The molecule has 1 amide bonds. The number of rotatable bonds is 4. The number of nitrogens with one attached hydrogen (secondary N) is 1. The van der Waals surface area contributed by atoms with Gasteiger partial charge < -0.3 is 5.32 Å². The Hall–Kier alpha value is -2.27. The third kappa shape index (κ3) is 3.56. The van der Waals surface area contributed by atoms with E-state index >= 15 is 0 Å². The average Bonchev–Trinajstić information content (AvgIpc) is 2.57. The lowest BCUT2D eigenvalue weighted by atomic mass is 10.0. The van der Waals surface area contributed by atoms with E-state index in [2.05, 4.69) is 28.2 Å². The standard InChI is InChI=1S/C18H20FN3O/c1-2-13-3-8-16(21-11-13)12-22-10-9-20-18(23)17(22)14-4-6-15(19)7-5-14/h3-8,11,17H,2,9-10,12H2,1H3,(H,20,23)/t17-/m1/s1. The van der Waals surface area contributed by atoms with E-state index in [1.54, 1.807) is 12.1 Å². The smallest absolute Gasteiger partial charge is 0.242 e. The van der Waals surface area contributed by atoms with Gasteiger partial charge in [0.2, 0.25) is 5.91 Å². The molecule has 0 saturated carbocycles. The molecule has 2 heterocycles. The van der Waals surface area contributed by atoms with E-state index in [1.807, 2.05) is 12.3 Å². The molecule has 2 aromatic rings. The van der Waals surface area contributed by atoms with Crippen LogP contribution in [-0.2, 0) is 17.8 Å². The van der Waals surface area contributed by atoms with Crippen molar-refractivity contribution >= 4 is 5.91 Å². The Morgan fingerprint density at radius 2 is 2.04 bits per heavy atom. The summed E-state index contributed by atoms with van der Waals surface area (Å²) in [6.45, 7) is 4.05. The first-order valence-electron chi connectivity index (χ1n) is 7.88. The highest BCUT2D eigenvalue weighted by Crippen LogP contribution is 2.25. The molecule has 1 saturated heterocycles. The molecule has 1 aliphatic heterocycles. The van der Waals surface area contributed by atoms with Gasteiger partial charge in [0.25, 0.3) is 0 Å². The van der Waals surface area contributed by atoms with Gasteiger partial charge in [-0.25, -0.2) is 4.39 Å². The normalized spacial score (nSPS) is 18.7. The van der Waals surface area contributed by atoms with Crippen molar-refractivity contribution in [2.24, 2.45) is 0 Å². The van der Waals surface area contributed by atoms with Gasteiger partial charge in [-0.15, -0.1) is 0 Å². The number of aryl methyl sites for hydroxylation is 1. The Balaban J connectivity index is 1.82. The number of halogens is 1. The Bertz CT molecular complexity index is 670. The van der Waals surface area contributed by atoms with E-state index in [4.69, 9.17) is 0 Å². The molecule has 4 nitrogen and oxygen atoms in total. The summed E-state index contributed by atoms with van der Waals surface area (Å²) in [5.41, 5.74) is 2.93. The van der Waals surface area contributed by atoms with E-state index in [-0.39, 0.29) is 11.7 Å². The maximum absolute atomic E-state index is 13.1. The molecule has 1 atom stereocenters. The maximum atomic E-state index is 13.1. The highest BCUT2D eigenvalue weighted by molar-refractivity contribution is 5.83. The number of pyridine rings is 1. The second kappa shape index (κ2) is 6.87. The maximum Gasteiger partial charge on any atom is 0.242 e.